The Morgan fingerprint density at radius 3 is 3.11 bits per heavy atom. The third kappa shape index (κ3) is 3.48. The standard InChI is InChI=1S/C13H17FN2O3/c1-9(12-3-2-10(14)7-15-12)16-4-5-19-8-11(16)6-13(17)18/h2-3,7,9,11H,4-6,8H2,1H3,(H,17,18). The molecule has 0 bridgehead atoms. The first-order chi connectivity index (χ1) is 9.08. The maximum Gasteiger partial charge on any atom is 0.305 e. The summed E-state index contributed by atoms with van der Waals surface area (Å²) in [5, 5.41) is 8.92. The number of carboxylic acids is 1. The van der Waals surface area contributed by atoms with Crippen LogP contribution in [-0.2, 0) is 9.53 Å². The average molecular weight is 268 g/mol. The molecule has 1 aliphatic rings. The Kier molecular flexibility index (Phi) is 4.44. The van der Waals surface area contributed by atoms with Crippen molar-refractivity contribution in [3.05, 3.63) is 29.8 Å². The van der Waals surface area contributed by atoms with Gasteiger partial charge < -0.3 is 9.84 Å². The first-order valence-electron chi connectivity index (χ1n) is 6.24. The van der Waals surface area contributed by atoms with Gasteiger partial charge in [0, 0.05) is 18.6 Å². The summed E-state index contributed by atoms with van der Waals surface area (Å²) in [6.07, 6.45) is 1.21. The van der Waals surface area contributed by atoms with Gasteiger partial charge in [-0.1, -0.05) is 0 Å². The van der Waals surface area contributed by atoms with E-state index in [1.54, 1.807) is 6.07 Å². The van der Waals surface area contributed by atoms with Crippen LogP contribution in [0.25, 0.3) is 0 Å². The number of morpholine rings is 1. The van der Waals surface area contributed by atoms with E-state index in [-0.39, 0.29) is 24.3 Å². The van der Waals surface area contributed by atoms with E-state index in [2.05, 4.69) is 9.88 Å². The summed E-state index contributed by atoms with van der Waals surface area (Å²) in [5.41, 5.74) is 0.735. The topological polar surface area (TPSA) is 62.7 Å². The van der Waals surface area contributed by atoms with Crippen molar-refractivity contribution >= 4 is 5.97 Å². The number of aliphatic carboxylic acids is 1. The minimum atomic E-state index is -0.847. The quantitative estimate of drug-likeness (QED) is 0.895. The number of carboxylic acid groups (broad SMARTS) is 1. The van der Waals surface area contributed by atoms with E-state index < -0.39 is 5.97 Å². The summed E-state index contributed by atoms with van der Waals surface area (Å²) in [5.74, 6) is -1.22. The van der Waals surface area contributed by atoms with E-state index in [1.165, 1.54) is 12.3 Å². The monoisotopic (exact) mass is 268 g/mol. The van der Waals surface area contributed by atoms with E-state index in [0.29, 0.717) is 19.8 Å². The normalized spacial score (nSPS) is 22.1. The van der Waals surface area contributed by atoms with Crippen molar-refractivity contribution in [3.8, 4) is 0 Å². The summed E-state index contributed by atoms with van der Waals surface area (Å²) in [4.78, 5) is 17.0. The van der Waals surface area contributed by atoms with Crippen LogP contribution in [0.4, 0.5) is 4.39 Å². The predicted molar refractivity (Wildman–Crippen MR) is 66.2 cm³/mol. The minimum absolute atomic E-state index is 0.0333. The van der Waals surface area contributed by atoms with Gasteiger partial charge in [0.05, 0.1) is 31.5 Å². The third-order valence-electron chi connectivity index (χ3n) is 3.36. The molecule has 1 aliphatic heterocycles. The zero-order valence-corrected chi connectivity index (χ0v) is 10.8. The maximum absolute atomic E-state index is 12.9. The lowest BCUT2D eigenvalue weighted by atomic mass is 10.1. The van der Waals surface area contributed by atoms with E-state index >= 15 is 0 Å². The fourth-order valence-electron chi connectivity index (χ4n) is 2.36. The molecule has 0 radical (unpaired) electrons. The van der Waals surface area contributed by atoms with E-state index in [9.17, 15) is 9.18 Å². The van der Waals surface area contributed by atoms with E-state index in [0.717, 1.165) is 5.69 Å². The zero-order valence-electron chi connectivity index (χ0n) is 10.8. The maximum atomic E-state index is 12.9. The van der Waals surface area contributed by atoms with Gasteiger partial charge in [0.25, 0.3) is 0 Å². The Labute approximate surface area is 111 Å². The van der Waals surface area contributed by atoms with E-state index in [1.807, 2.05) is 6.92 Å². The zero-order chi connectivity index (χ0) is 13.8. The lowest BCUT2D eigenvalue weighted by Crippen LogP contribution is -2.47. The van der Waals surface area contributed by atoms with Crippen LogP contribution < -0.4 is 0 Å². The summed E-state index contributed by atoms with van der Waals surface area (Å²) in [7, 11) is 0. The summed E-state index contributed by atoms with van der Waals surface area (Å²) < 4.78 is 18.2. The first kappa shape index (κ1) is 13.9. The van der Waals surface area contributed by atoms with Crippen molar-refractivity contribution in [2.75, 3.05) is 19.8 Å². The molecular weight excluding hydrogens is 251 g/mol. The number of hydrogen-bond acceptors (Lipinski definition) is 4. The molecule has 1 aromatic rings. The highest BCUT2D eigenvalue weighted by molar-refractivity contribution is 5.67. The lowest BCUT2D eigenvalue weighted by Gasteiger charge is -2.38. The number of pyridine rings is 1. The molecule has 6 heteroatoms. The molecule has 1 saturated heterocycles. The van der Waals surface area contributed by atoms with Crippen molar-refractivity contribution in [1.82, 2.24) is 9.88 Å². The Morgan fingerprint density at radius 2 is 2.47 bits per heavy atom. The highest BCUT2D eigenvalue weighted by Gasteiger charge is 2.30. The van der Waals surface area contributed by atoms with Gasteiger partial charge >= 0.3 is 5.97 Å². The fourth-order valence-corrected chi connectivity index (χ4v) is 2.36. The number of nitrogens with zero attached hydrogens (tertiary/aromatic N) is 2. The molecule has 0 saturated carbocycles. The Balaban J connectivity index is 2.12. The van der Waals surface area contributed by atoms with Crippen LogP contribution in [0.1, 0.15) is 25.1 Å². The predicted octanol–water partition coefficient (Wildman–Crippen LogP) is 1.46. The van der Waals surface area contributed by atoms with Crippen LogP contribution in [0.2, 0.25) is 0 Å². The van der Waals surface area contributed by atoms with Crippen molar-refractivity contribution in [1.29, 1.82) is 0 Å². The Morgan fingerprint density at radius 1 is 1.68 bits per heavy atom. The second kappa shape index (κ2) is 6.08. The van der Waals surface area contributed by atoms with Gasteiger partial charge in [-0.15, -0.1) is 0 Å². The van der Waals surface area contributed by atoms with Crippen LogP contribution in [-0.4, -0.2) is 46.8 Å². The third-order valence-corrected chi connectivity index (χ3v) is 3.36. The molecule has 2 rings (SSSR count). The van der Waals surface area contributed by atoms with Crippen molar-refractivity contribution in [3.63, 3.8) is 0 Å². The van der Waals surface area contributed by atoms with Gasteiger partial charge in [-0.3, -0.25) is 14.7 Å². The highest BCUT2D eigenvalue weighted by atomic mass is 19.1. The smallest absolute Gasteiger partial charge is 0.305 e. The first-order valence-corrected chi connectivity index (χ1v) is 6.24. The molecule has 1 fully saturated rings. The second-order valence-electron chi connectivity index (χ2n) is 4.64. The van der Waals surface area contributed by atoms with Gasteiger partial charge in [-0.05, 0) is 19.1 Å². The Hall–Kier alpha value is -1.53. The van der Waals surface area contributed by atoms with Crippen molar-refractivity contribution < 1.29 is 19.0 Å². The summed E-state index contributed by atoms with van der Waals surface area (Å²) in [6.45, 7) is 3.57. The number of carbonyl (C=O) groups is 1. The van der Waals surface area contributed by atoms with Crippen LogP contribution >= 0.6 is 0 Å². The Bertz CT molecular complexity index is 438. The number of hydrogen-bond donors (Lipinski definition) is 1. The van der Waals surface area contributed by atoms with Crippen LogP contribution in [0.5, 0.6) is 0 Å². The molecule has 1 N–H and O–H groups in total. The fraction of sp³-hybridized carbons (Fsp3) is 0.538. The number of aromatic nitrogens is 1. The SMILES string of the molecule is CC(c1ccc(F)cn1)N1CCOCC1CC(=O)O. The van der Waals surface area contributed by atoms with Crippen molar-refractivity contribution in [2.45, 2.75) is 25.4 Å². The molecule has 5 nitrogen and oxygen atoms in total. The van der Waals surface area contributed by atoms with Gasteiger partial charge in [-0.2, -0.15) is 0 Å². The molecule has 1 aromatic heterocycles. The lowest BCUT2D eigenvalue weighted by molar-refractivity contribution is -0.140. The molecule has 2 heterocycles. The van der Waals surface area contributed by atoms with Crippen molar-refractivity contribution in [2.24, 2.45) is 0 Å². The minimum Gasteiger partial charge on any atom is -0.481 e. The summed E-state index contributed by atoms with van der Waals surface area (Å²) >= 11 is 0. The molecule has 0 spiro atoms. The molecule has 104 valence electrons. The average Bonchev–Trinajstić information content (AvgIpc) is 2.39. The van der Waals surface area contributed by atoms with Crippen LogP contribution in [0.15, 0.2) is 18.3 Å². The van der Waals surface area contributed by atoms with Gasteiger partial charge in [-0.25, -0.2) is 4.39 Å². The number of rotatable bonds is 4. The molecule has 0 aliphatic carbocycles. The highest BCUT2D eigenvalue weighted by Crippen LogP contribution is 2.24. The molecule has 19 heavy (non-hydrogen) atoms. The second-order valence-corrected chi connectivity index (χ2v) is 4.64. The largest absolute Gasteiger partial charge is 0.481 e. The number of ether oxygens (including phenoxy) is 1. The molecule has 2 atom stereocenters. The van der Waals surface area contributed by atoms with Gasteiger partial charge in [0.2, 0.25) is 0 Å². The molecule has 0 aromatic carbocycles. The molecule has 0 amide bonds. The van der Waals surface area contributed by atoms with Gasteiger partial charge in [0.1, 0.15) is 5.82 Å². The number of halogens is 1. The summed E-state index contributed by atoms with van der Waals surface area (Å²) in [6, 6.07) is 2.76. The van der Waals surface area contributed by atoms with E-state index in [4.69, 9.17) is 9.84 Å². The molecular formula is C13H17FN2O3. The van der Waals surface area contributed by atoms with Crippen LogP contribution in [0.3, 0.4) is 0 Å². The van der Waals surface area contributed by atoms with Crippen LogP contribution in [0, 0.1) is 5.82 Å². The molecule has 2 unspecified atom stereocenters. The van der Waals surface area contributed by atoms with Gasteiger partial charge in [0.15, 0.2) is 0 Å².